The maximum absolute atomic E-state index is 5.72. The molecule has 2 nitrogen and oxygen atoms in total. The second-order valence-corrected chi connectivity index (χ2v) is 4.37. The topological polar surface area (TPSA) is 21.3 Å². The zero-order chi connectivity index (χ0) is 10.4. The predicted octanol–water partition coefficient (Wildman–Crippen LogP) is 2.72. The molecule has 0 bridgehead atoms. The lowest BCUT2D eigenvalue weighted by Crippen LogP contribution is -2.56. The third-order valence-electron chi connectivity index (χ3n) is 3.54. The molecule has 0 amide bonds. The molecule has 0 aromatic rings. The van der Waals surface area contributed by atoms with Crippen molar-refractivity contribution in [3.63, 3.8) is 0 Å². The Morgan fingerprint density at radius 1 is 1.36 bits per heavy atom. The van der Waals surface area contributed by atoms with Crippen LogP contribution in [0.2, 0.25) is 0 Å². The first-order valence-electron chi connectivity index (χ1n) is 6.07. The molecule has 0 aromatic carbocycles. The van der Waals surface area contributed by atoms with Crippen LogP contribution in [-0.2, 0) is 4.74 Å². The van der Waals surface area contributed by atoms with Crippen LogP contribution in [0.3, 0.4) is 0 Å². The van der Waals surface area contributed by atoms with Crippen LogP contribution in [0.5, 0.6) is 0 Å². The van der Waals surface area contributed by atoms with Crippen LogP contribution in [0.1, 0.15) is 52.4 Å². The normalized spacial score (nSPS) is 21.6. The van der Waals surface area contributed by atoms with E-state index in [1.165, 1.54) is 38.5 Å². The highest BCUT2D eigenvalue weighted by Crippen LogP contribution is 2.39. The Kier molecular flexibility index (Phi) is 4.90. The second-order valence-electron chi connectivity index (χ2n) is 4.37. The zero-order valence-electron chi connectivity index (χ0n) is 9.94. The molecule has 0 radical (unpaired) electrons. The third kappa shape index (κ3) is 2.48. The van der Waals surface area contributed by atoms with E-state index in [0.29, 0.717) is 6.04 Å². The summed E-state index contributed by atoms with van der Waals surface area (Å²) in [6.07, 6.45) is 7.67. The van der Waals surface area contributed by atoms with Crippen LogP contribution in [-0.4, -0.2) is 25.3 Å². The standard InChI is InChI=1S/C12H25NO/c1-4-6-8-11(13-5-2)12(14-3)9-7-10-12/h11,13H,4-10H2,1-3H3. The van der Waals surface area contributed by atoms with Gasteiger partial charge in [-0.05, 0) is 32.2 Å². The van der Waals surface area contributed by atoms with Crippen molar-refractivity contribution in [2.75, 3.05) is 13.7 Å². The Balaban J connectivity index is 2.46. The lowest BCUT2D eigenvalue weighted by atomic mass is 9.73. The van der Waals surface area contributed by atoms with Gasteiger partial charge < -0.3 is 10.1 Å². The molecule has 0 spiro atoms. The van der Waals surface area contributed by atoms with E-state index in [9.17, 15) is 0 Å². The summed E-state index contributed by atoms with van der Waals surface area (Å²) in [7, 11) is 1.87. The van der Waals surface area contributed by atoms with Gasteiger partial charge in [0.05, 0.1) is 5.60 Å². The minimum atomic E-state index is 0.172. The molecule has 0 heterocycles. The number of hydrogen-bond acceptors (Lipinski definition) is 2. The second kappa shape index (κ2) is 5.72. The largest absolute Gasteiger partial charge is 0.377 e. The summed E-state index contributed by atoms with van der Waals surface area (Å²) >= 11 is 0. The molecule has 2 heteroatoms. The Labute approximate surface area is 88.4 Å². The minimum Gasteiger partial charge on any atom is -0.377 e. The molecule has 1 N–H and O–H groups in total. The summed E-state index contributed by atoms with van der Waals surface area (Å²) in [6.45, 7) is 5.49. The molecule has 84 valence electrons. The van der Waals surface area contributed by atoms with Gasteiger partial charge in [-0.25, -0.2) is 0 Å². The third-order valence-corrected chi connectivity index (χ3v) is 3.54. The van der Waals surface area contributed by atoms with Gasteiger partial charge in [0.15, 0.2) is 0 Å². The lowest BCUT2D eigenvalue weighted by Gasteiger charge is -2.47. The molecular formula is C12H25NO. The van der Waals surface area contributed by atoms with Crippen LogP contribution in [0, 0.1) is 0 Å². The molecular weight excluding hydrogens is 174 g/mol. The average molecular weight is 199 g/mol. The first kappa shape index (κ1) is 12.0. The van der Waals surface area contributed by atoms with Gasteiger partial charge in [-0.2, -0.15) is 0 Å². The fraction of sp³-hybridized carbons (Fsp3) is 1.00. The zero-order valence-corrected chi connectivity index (χ0v) is 9.94. The Morgan fingerprint density at radius 3 is 2.43 bits per heavy atom. The monoisotopic (exact) mass is 199 g/mol. The molecule has 0 aliphatic heterocycles. The van der Waals surface area contributed by atoms with Gasteiger partial charge in [0.1, 0.15) is 0 Å². The smallest absolute Gasteiger partial charge is 0.0831 e. The Hall–Kier alpha value is -0.0800. The van der Waals surface area contributed by atoms with E-state index in [4.69, 9.17) is 4.74 Å². The fourth-order valence-corrected chi connectivity index (χ4v) is 2.43. The number of nitrogens with one attached hydrogen (secondary N) is 1. The molecule has 1 fully saturated rings. The van der Waals surface area contributed by atoms with Gasteiger partial charge in [-0.3, -0.25) is 0 Å². The average Bonchev–Trinajstić information content (AvgIpc) is 2.13. The first-order chi connectivity index (χ1) is 6.79. The molecule has 0 aromatic heterocycles. The highest BCUT2D eigenvalue weighted by Gasteiger charge is 2.43. The minimum absolute atomic E-state index is 0.172. The van der Waals surface area contributed by atoms with Crippen molar-refractivity contribution in [3.8, 4) is 0 Å². The van der Waals surface area contributed by atoms with Crippen molar-refractivity contribution in [1.29, 1.82) is 0 Å². The summed E-state index contributed by atoms with van der Waals surface area (Å²) in [5, 5.41) is 3.59. The number of likely N-dealkylation sites (N-methyl/N-ethyl adjacent to an activating group) is 1. The predicted molar refractivity (Wildman–Crippen MR) is 60.6 cm³/mol. The van der Waals surface area contributed by atoms with Crippen LogP contribution in [0.25, 0.3) is 0 Å². The quantitative estimate of drug-likeness (QED) is 0.680. The van der Waals surface area contributed by atoms with Crippen molar-refractivity contribution in [2.24, 2.45) is 0 Å². The van der Waals surface area contributed by atoms with Crippen molar-refractivity contribution < 1.29 is 4.74 Å². The van der Waals surface area contributed by atoms with Gasteiger partial charge in [-0.15, -0.1) is 0 Å². The van der Waals surface area contributed by atoms with E-state index >= 15 is 0 Å². The van der Waals surface area contributed by atoms with Crippen molar-refractivity contribution in [3.05, 3.63) is 0 Å². The van der Waals surface area contributed by atoms with E-state index in [1.54, 1.807) is 0 Å². The van der Waals surface area contributed by atoms with Crippen LogP contribution in [0.15, 0.2) is 0 Å². The summed E-state index contributed by atoms with van der Waals surface area (Å²) < 4.78 is 5.72. The van der Waals surface area contributed by atoms with Crippen LogP contribution >= 0.6 is 0 Å². The van der Waals surface area contributed by atoms with Gasteiger partial charge in [0, 0.05) is 13.2 Å². The molecule has 1 saturated carbocycles. The fourth-order valence-electron chi connectivity index (χ4n) is 2.43. The lowest BCUT2D eigenvalue weighted by molar-refractivity contribution is -0.0999. The van der Waals surface area contributed by atoms with Crippen molar-refractivity contribution >= 4 is 0 Å². The van der Waals surface area contributed by atoms with Gasteiger partial charge in [-0.1, -0.05) is 26.7 Å². The van der Waals surface area contributed by atoms with E-state index < -0.39 is 0 Å². The number of hydrogen-bond donors (Lipinski definition) is 1. The van der Waals surface area contributed by atoms with E-state index in [2.05, 4.69) is 19.2 Å². The number of ether oxygens (including phenoxy) is 1. The molecule has 1 atom stereocenters. The maximum Gasteiger partial charge on any atom is 0.0831 e. The number of rotatable bonds is 7. The molecule has 1 aliphatic rings. The maximum atomic E-state index is 5.72. The van der Waals surface area contributed by atoms with Crippen LogP contribution < -0.4 is 5.32 Å². The molecule has 1 unspecified atom stereocenters. The van der Waals surface area contributed by atoms with Crippen LogP contribution in [0.4, 0.5) is 0 Å². The van der Waals surface area contributed by atoms with Gasteiger partial charge >= 0.3 is 0 Å². The molecule has 1 rings (SSSR count). The summed E-state index contributed by atoms with van der Waals surface area (Å²) in [4.78, 5) is 0. The Bertz CT molecular complexity index is 149. The molecule has 1 aliphatic carbocycles. The van der Waals surface area contributed by atoms with Gasteiger partial charge in [0.25, 0.3) is 0 Å². The molecule has 0 saturated heterocycles. The first-order valence-corrected chi connectivity index (χ1v) is 6.07. The summed E-state index contributed by atoms with van der Waals surface area (Å²) in [6, 6.07) is 0.575. The number of methoxy groups -OCH3 is 1. The molecule has 14 heavy (non-hydrogen) atoms. The van der Waals surface area contributed by atoms with E-state index in [-0.39, 0.29) is 5.60 Å². The SMILES string of the molecule is CCCCC(NCC)C1(OC)CCC1. The van der Waals surface area contributed by atoms with Crippen molar-refractivity contribution in [1.82, 2.24) is 5.32 Å². The highest BCUT2D eigenvalue weighted by molar-refractivity contribution is 4.99. The number of unbranched alkanes of at least 4 members (excludes halogenated alkanes) is 1. The van der Waals surface area contributed by atoms with Gasteiger partial charge in [0.2, 0.25) is 0 Å². The summed E-state index contributed by atoms with van der Waals surface area (Å²) in [5.74, 6) is 0. The Morgan fingerprint density at radius 2 is 2.07 bits per heavy atom. The van der Waals surface area contributed by atoms with E-state index in [0.717, 1.165) is 6.54 Å². The summed E-state index contributed by atoms with van der Waals surface area (Å²) in [5.41, 5.74) is 0.172. The van der Waals surface area contributed by atoms with Crippen molar-refractivity contribution in [2.45, 2.75) is 64.0 Å². The highest BCUT2D eigenvalue weighted by atomic mass is 16.5. The van der Waals surface area contributed by atoms with E-state index in [1.807, 2.05) is 7.11 Å².